The molecule has 1 aromatic heterocycles. The van der Waals surface area contributed by atoms with Gasteiger partial charge in [-0.25, -0.2) is 12.4 Å². The van der Waals surface area contributed by atoms with Crippen LogP contribution < -0.4 is 0 Å². The second-order valence-corrected chi connectivity index (χ2v) is 7.38. The van der Waals surface area contributed by atoms with Crippen LogP contribution in [0.3, 0.4) is 0 Å². The molecule has 1 heterocycles. The van der Waals surface area contributed by atoms with Crippen molar-refractivity contribution in [2.75, 3.05) is 0 Å². The van der Waals surface area contributed by atoms with E-state index in [1.165, 1.54) is 24.4 Å². The smallest absolute Gasteiger partial charge is 0.289 e. The van der Waals surface area contributed by atoms with Crippen molar-refractivity contribution < 1.29 is 23.6 Å². The van der Waals surface area contributed by atoms with Crippen LogP contribution in [0.25, 0.3) is 10.9 Å². The number of nitro groups is 1. The molecule has 130 valence electrons. The van der Waals surface area contributed by atoms with E-state index in [0.717, 1.165) is 22.2 Å². The lowest BCUT2D eigenvalue weighted by Crippen LogP contribution is -2.12. The number of aromatic hydroxyl groups is 1. The van der Waals surface area contributed by atoms with Crippen LogP contribution in [-0.2, 0) is 16.6 Å². The Balaban J connectivity index is 2.29. The quantitative estimate of drug-likeness (QED) is 0.528. The summed E-state index contributed by atoms with van der Waals surface area (Å²) in [4.78, 5) is 9.88. The minimum Gasteiger partial charge on any atom is -0.507 e. The normalized spacial score (nSPS) is 11.8. The van der Waals surface area contributed by atoms with E-state index in [4.69, 9.17) is 11.6 Å². The summed E-state index contributed by atoms with van der Waals surface area (Å²) in [5.74, 6) is -0.183. The Labute approximate surface area is 146 Å². The number of benzene rings is 2. The van der Waals surface area contributed by atoms with Gasteiger partial charge in [0.15, 0.2) is 0 Å². The molecule has 8 nitrogen and oxygen atoms in total. The van der Waals surface area contributed by atoms with Crippen molar-refractivity contribution >= 4 is 38.2 Å². The molecule has 0 atom stereocenters. The first kappa shape index (κ1) is 17.2. The van der Waals surface area contributed by atoms with E-state index >= 15 is 0 Å². The van der Waals surface area contributed by atoms with Crippen molar-refractivity contribution in [1.82, 2.24) is 3.97 Å². The second kappa shape index (κ2) is 6.03. The SMILES string of the molecule is O=[N+]([O-])c1cc(S(=O)(=O)n2cc(CO)c3c(O)cccc32)ccc1Cl. The number of nitro benzene ring substituents is 1. The lowest BCUT2D eigenvalue weighted by molar-refractivity contribution is -0.384. The number of halogens is 1. The number of aliphatic hydroxyl groups is 1. The van der Waals surface area contributed by atoms with Crippen LogP contribution in [0, 0.1) is 10.1 Å². The summed E-state index contributed by atoms with van der Waals surface area (Å²) in [6, 6.07) is 7.42. The highest BCUT2D eigenvalue weighted by atomic mass is 35.5. The molecule has 0 amide bonds. The van der Waals surface area contributed by atoms with E-state index in [9.17, 15) is 28.7 Å². The zero-order valence-electron chi connectivity index (χ0n) is 12.5. The molecule has 0 saturated carbocycles. The fourth-order valence-corrected chi connectivity index (χ4v) is 4.13. The highest BCUT2D eigenvalue weighted by molar-refractivity contribution is 7.90. The van der Waals surface area contributed by atoms with Crippen LogP contribution in [0.4, 0.5) is 5.69 Å². The summed E-state index contributed by atoms with van der Waals surface area (Å²) in [6.07, 6.45) is 1.17. The number of fused-ring (bicyclic) bond motifs is 1. The summed E-state index contributed by atoms with van der Waals surface area (Å²) in [5.41, 5.74) is -0.189. The molecule has 2 N–H and O–H groups in total. The molecule has 0 aliphatic carbocycles. The third-order valence-electron chi connectivity index (χ3n) is 3.69. The molecule has 0 saturated heterocycles. The molecule has 0 unspecified atom stereocenters. The molecule has 10 heteroatoms. The number of hydrogen-bond donors (Lipinski definition) is 2. The van der Waals surface area contributed by atoms with Gasteiger partial charge in [-0.1, -0.05) is 17.7 Å². The topological polar surface area (TPSA) is 123 Å². The molecule has 3 aromatic rings. The Morgan fingerprint density at radius 3 is 2.60 bits per heavy atom. The Hall–Kier alpha value is -2.62. The minimum absolute atomic E-state index is 0.140. The Morgan fingerprint density at radius 1 is 1.24 bits per heavy atom. The van der Waals surface area contributed by atoms with E-state index in [1.807, 2.05) is 0 Å². The molecule has 0 radical (unpaired) electrons. The third kappa shape index (κ3) is 2.72. The number of phenolic OH excluding ortho intramolecular Hbond substituents is 1. The van der Waals surface area contributed by atoms with Gasteiger partial charge in [0.25, 0.3) is 15.7 Å². The van der Waals surface area contributed by atoms with E-state index < -0.39 is 27.2 Å². The molecule has 0 bridgehead atoms. The number of aromatic nitrogens is 1. The molecule has 0 spiro atoms. The summed E-state index contributed by atoms with van der Waals surface area (Å²) in [7, 11) is -4.21. The molecule has 3 rings (SSSR count). The van der Waals surface area contributed by atoms with Gasteiger partial charge in [0, 0.05) is 23.2 Å². The lowest BCUT2D eigenvalue weighted by Gasteiger charge is -2.08. The van der Waals surface area contributed by atoms with E-state index in [1.54, 1.807) is 0 Å². The average Bonchev–Trinajstić information content (AvgIpc) is 2.95. The molecule has 25 heavy (non-hydrogen) atoms. The third-order valence-corrected chi connectivity index (χ3v) is 5.68. The summed E-state index contributed by atoms with van der Waals surface area (Å²) in [6.45, 7) is -0.489. The predicted octanol–water partition coefficient (Wildman–Crippen LogP) is 2.64. The van der Waals surface area contributed by atoms with Crippen molar-refractivity contribution in [1.29, 1.82) is 0 Å². The van der Waals surface area contributed by atoms with Gasteiger partial charge in [0.2, 0.25) is 0 Å². The fourth-order valence-electron chi connectivity index (χ4n) is 2.54. The van der Waals surface area contributed by atoms with Crippen LogP contribution in [0.15, 0.2) is 47.5 Å². The highest BCUT2D eigenvalue weighted by Crippen LogP contribution is 2.34. The maximum atomic E-state index is 12.9. The van der Waals surface area contributed by atoms with Gasteiger partial charge in [-0.2, -0.15) is 0 Å². The number of aliphatic hydroxyl groups excluding tert-OH is 1. The van der Waals surface area contributed by atoms with Crippen molar-refractivity contribution in [3.8, 4) is 5.75 Å². The molecule has 0 aliphatic heterocycles. The van der Waals surface area contributed by atoms with Gasteiger partial charge in [0.05, 0.1) is 21.9 Å². The number of phenols is 1. The first-order chi connectivity index (χ1) is 11.8. The van der Waals surface area contributed by atoms with Gasteiger partial charge >= 0.3 is 0 Å². The van der Waals surface area contributed by atoms with Crippen molar-refractivity contribution in [3.63, 3.8) is 0 Å². The van der Waals surface area contributed by atoms with Crippen molar-refractivity contribution in [2.45, 2.75) is 11.5 Å². The fraction of sp³-hybridized carbons (Fsp3) is 0.0667. The van der Waals surface area contributed by atoms with E-state index in [-0.39, 0.29) is 32.1 Å². The van der Waals surface area contributed by atoms with Crippen molar-refractivity contribution in [2.24, 2.45) is 0 Å². The monoisotopic (exact) mass is 382 g/mol. The van der Waals surface area contributed by atoms with Crippen molar-refractivity contribution in [3.05, 3.63) is 63.3 Å². The van der Waals surface area contributed by atoms with E-state index in [2.05, 4.69) is 0 Å². The van der Waals surface area contributed by atoms with Crippen LogP contribution in [0.2, 0.25) is 5.02 Å². The van der Waals surface area contributed by atoms with Gasteiger partial charge in [-0.15, -0.1) is 0 Å². The van der Waals surface area contributed by atoms with Crippen LogP contribution in [0.1, 0.15) is 5.56 Å². The zero-order chi connectivity index (χ0) is 18.4. The van der Waals surface area contributed by atoms with Gasteiger partial charge in [-0.3, -0.25) is 10.1 Å². The molecular formula is C15H11ClN2O6S. The largest absolute Gasteiger partial charge is 0.507 e. The first-order valence-electron chi connectivity index (χ1n) is 6.89. The average molecular weight is 383 g/mol. The number of hydrogen-bond acceptors (Lipinski definition) is 6. The molecule has 0 fully saturated rings. The van der Waals surface area contributed by atoms with Gasteiger partial charge in [0.1, 0.15) is 10.8 Å². The Kier molecular flexibility index (Phi) is 4.15. The molecule has 2 aromatic carbocycles. The lowest BCUT2D eigenvalue weighted by atomic mass is 10.1. The predicted molar refractivity (Wildman–Crippen MR) is 90.2 cm³/mol. The van der Waals surface area contributed by atoms with Crippen LogP contribution >= 0.6 is 11.6 Å². The molecule has 0 aliphatic rings. The summed E-state index contributed by atoms with van der Waals surface area (Å²) >= 11 is 5.72. The highest BCUT2D eigenvalue weighted by Gasteiger charge is 2.25. The van der Waals surface area contributed by atoms with Crippen LogP contribution in [0.5, 0.6) is 5.75 Å². The maximum absolute atomic E-state index is 12.9. The van der Waals surface area contributed by atoms with Gasteiger partial charge < -0.3 is 10.2 Å². The standard InChI is InChI=1S/C15H11ClN2O6S/c16-11-5-4-10(6-13(11)18(21)22)25(23,24)17-7-9(8-19)15-12(17)2-1-3-14(15)20/h1-7,19-20H,8H2. The second-order valence-electron chi connectivity index (χ2n) is 5.15. The van der Waals surface area contributed by atoms with Gasteiger partial charge in [-0.05, 0) is 24.3 Å². The Morgan fingerprint density at radius 2 is 1.96 bits per heavy atom. The minimum atomic E-state index is -4.21. The summed E-state index contributed by atoms with van der Waals surface area (Å²) < 4.78 is 26.7. The Bertz CT molecular complexity index is 1110. The number of nitrogens with zero attached hydrogens (tertiary/aromatic N) is 2. The molecular weight excluding hydrogens is 372 g/mol. The number of rotatable bonds is 4. The van der Waals surface area contributed by atoms with Crippen LogP contribution in [-0.4, -0.2) is 27.5 Å². The maximum Gasteiger partial charge on any atom is 0.289 e. The summed E-state index contributed by atoms with van der Waals surface area (Å²) in [5, 5.41) is 30.4. The zero-order valence-corrected chi connectivity index (χ0v) is 14.0. The first-order valence-corrected chi connectivity index (χ1v) is 8.71. The van der Waals surface area contributed by atoms with E-state index in [0.29, 0.717) is 0 Å².